The molecule has 136 valence electrons. The van der Waals surface area contributed by atoms with Crippen molar-refractivity contribution in [2.24, 2.45) is 0 Å². The Bertz CT molecular complexity index is 668. The highest BCUT2D eigenvalue weighted by atomic mass is 16.5. The minimum Gasteiger partial charge on any atom is -0.469 e. The molecule has 3 heterocycles. The molecule has 0 saturated carbocycles. The van der Waals surface area contributed by atoms with Crippen LogP contribution < -0.4 is 0 Å². The molecule has 0 bridgehead atoms. The van der Waals surface area contributed by atoms with Crippen LogP contribution in [0.5, 0.6) is 0 Å². The van der Waals surface area contributed by atoms with Crippen molar-refractivity contribution in [2.75, 3.05) is 20.1 Å². The van der Waals surface area contributed by atoms with Crippen molar-refractivity contribution in [1.82, 2.24) is 19.9 Å². The highest BCUT2D eigenvalue weighted by Gasteiger charge is 2.23. The van der Waals surface area contributed by atoms with Gasteiger partial charge in [-0.05, 0) is 38.4 Å². The highest BCUT2D eigenvalue weighted by Crippen LogP contribution is 2.18. The van der Waals surface area contributed by atoms with Gasteiger partial charge in [0.25, 0.3) is 0 Å². The molecular formula is C18H26N4O3. The van der Waals surface area contributed by atoms with Crippen LogP contribution in [0.15, 0.2) is 27.3 Å². The Balaban J connectivity index is 1.46. The second-order valence-electron chi connectivity index (χ2n) is 6.69. The second-order valence-corrected chi connectivity index (χ2v) is 6.69. The van der Waals surface area contributed by atoms with Crippen molar-refractivity contribution in [1.29, 1.82) is 0 Å². The molecule has 7 heteroatoms. The Morgan fingerprint density at radius 3 is 3.00 bits per heavy atom. The molecule has 0 N–H and O–H groups in total. The van der Waals surface area contributed by atoms with E-state index in [9.17, 15) is 4.79 Å². The van der Waals surface area contributed by atoms with Gasteiger partial charge in [-0.15, -0.1) is 0 Å². The Morgan fingerprint density at radius 2 is 2.28 bits per heavy atom. The fourth-order valence-corrected chi connectivity index (χ4v) is 3.37. The molecule has 2 aromatic rings. The van der Waals surface area contributed by atoms with Crippen LogP contribution in [0.25, 0.3) is 0 Å². The van der Waals surface area contributed by atoms with Crippen LogP contribution in [-0.4, -0.2) is 52.0 Å². The third-order valence-electron chi connectivity index (χ3n) is 4.80. The second kappa shape index (κ2) is 8.29. The van der Waals surface area contributed by atoms with Gasteiger partial charge >= 0.3 is 0 Å². The SMILES string of the molecule is Cc1nc(CN(C)C2CCCN(C(=O)CCc3ccco3)CC2)no1. The van der Waals surface area contributed by atoms with E-state index in [2.05, 4.69) is 22.1 Å². The molecule has 1 amide bonds. The number of furan rings is 1. The zero-order valence-corrected chi connectivity index (χ0v) is 15.0. The monoisotopic (exact) mass is 346 g/mol. The lowest BCUT2D eigenvalue weighted by molar-refractivity contribution is -0.131. The smallest absolute Gasteiger partial charge is 0.223 e. The zero-order chi connectivity index (χ0) is 17.6. The quantitative estimate of drug-likeness (QED) is 0.799. The predicted molar refractivity (Wildman–Crippen MR) is 91.8 cm³/mol. The van der Waals surface area contributed by atoms with E-state index in [1.54, 1.807) is 13.2 Å². The largest absolute Gasteiger partial charge is 0.469 e. The summed E-state index contributed by atoms with van der Waals surface area (Å²) in [4.78, 5) is 21.0. The standard InChI is InChI=1S/C18H26N4O3/c1-14-19-17(20-25-14)13-21(2)15-5-3-10-22(11-9-15)18(23)8-7-16-6-4-12-24-16/h4,6,12,15H,3,5,7-11,13H2,1-2H3. The summed E-state index contributed by atoms with van der Waals surface area (Å²) in [5.41, 5.74) is 0. The van der Waals surface area contributed by atoms with Crippen LogP contribution in [-0.2, 0) is 17.8 Å². The zero-order valence-electron chi connectivity index (χ0n) is 15.0. The molecule has 7 nitrogen and oxygen atoms in total. The molecule has 0 spiro atoms. The number of rotatable bonds is 6. The van der Waals surface area contributed by atoms with Gasteiger partial charge in [0.15, 0.2) is 5.82 Å². The van der Waals surface area contributed by atoms with Crippen LogP contribution in [0.1, 0.15) is 43.2 Å². The Hall–Kier alpha value is -2.15. The van der Waals surface area contributed by atoms with Gasteiger partial charge < -0.3 is 13.8 Å². The third kappa shape index (κ3) is 4.92. The van der Waals surface area contributed by atoms with Crippen molar-refractivity contribution in [3.63, 3.8) is 0 Å². The summed E-state index contributed by atoms with van der Waals surface area (Å²) in [6.45, 7) is 4.11. The molecule has 0 aliphatic carbocycles. The van der Waals surface area contributed by atoms with E-state index in [1.165, 1.54) is 0 Å². The summed E-state index contributed by atoms with van der Waals surface area (Å²) in [7, 11) is 2.09. The maximum absolute atomic E-state index is 12.5. The van der Waals surface area contributed by atoms with E-state index in [4.69, 9.17) is 8.94 Å². The van der Waals surface area contributed by atoms with Crippen molar-refractivity contribution < 1.29 is 13.7 Å². The molecule has 0 aromatic carbocycles. The number of nitrogens with zero attached hydrogens (tertiary/aromatic N) is 4. The minimum atomic E-state index is 0.216. The van der Waals surface area contributed by atoms with Crippen molar-refractivity contribution in [2.45, 2.75) is 51.6 Å². The topological polar surface area (TPSA) is 75.6 Å². The first kappa shape index (κ1) is 17.7. The number of hydrogen-bond acceptors (Lipinski definition) is 6. The minimum absolute atomic E-state index is 0.216. The molecular weight excluding hydrogens is 320 g/mol. The van der Waals surface area contributed by atoms with Crippen LogP contribution in [0, 0.1) is 6.92 Å². The number of likely N-dealkylation sites (tertiary alicyclic amines) is 1. The Kier molecular flexibility index (Phi) is 5.86. The summed E-state index contributed by atoms with van der Waals surface area (Å²) in [6.07, 6.45) is 5.90. The number of carbonyl (C=O) groups excluding carboxylic acids is 1. The molecule has 1 fully saturated rings. The fourth-order valence-electron chi connectivity index (χ4n) is 3.37. The maximum atomic E-state index is 12.5. The first-order chi connectivity index (χ1) is 12.1. The lowest BCUT2D eigenvalue weighted by Gasteiger charge is -2.26. The van der Waals surface area contributed by atoms with E-state index in [0.717, 1.165) is 43.9 Å². The molecule has 1 aliphatic heterocycles. The average molecular weight is 346 g/mol. The van der Waals surface area contributed by atoms with Gasteiger partial charge in [0.1, 0.15) is 5.76 Å². The van der Waals surface area contributed by atoms with Crippen molar-refractivity contribution in [3.05, 3.63) is 35.9 Å². The van der Waals surface area contributed by atoms with Gasteiger partial charge in [0.05, 0.1) is 12.8 Å². The first-order valence-electron chi connectivity index (χ1n) is 8.91. The average Bonchev–Trinajstić information content (AvgIpc) is 3.18. The van der Waals surface area contributed by atoms with Crippen LogP contribution in [0.2, 0.25) is 0 Å². The summed E-state index contributed by atoms with van der Waals surface area (Å²) < 4.78 is 10.3. The molecule has 25 heavy (non-hydrogen) atoms. The maximum Gasteiger partial charge on any atom is 0.223 e. The van der Waals surface area contributed by atoms with Crippen LogP contribution >= 0.6 is 0 Å². The molecule has 2 aromatic heterocycles. The Morgan fingerprint density at radius 1 is 1.40 bits per heavy atom. The predicted octanol–water partition coefficient (Wildman–Crippen LogP) is 2.42. The highest BCUT2D eigenvalue weighted by molar-refractivity contribution is 5.76. The summed E-state index contributed by atoms with van der Waals surface area (Å²) in [5, 5.41) is 3.96. The van der Waals surface area contributed by atoms with Gasteiger partial charge in [-0.1, -0.05) is 5.16 Å². The lowest BCUT2D eigenvalue weighted by atomic mass is 10.1. The number of carbonyl (C=O) groups is 1. The van der Waals surface area contributed by atoms with Crippen LogP contribution in [0.4, 0.5) is 0 Å². The number of aromatic nitrogens is 2. The summed E-state index contributed by atoms with van der Waals surface area (Å²) in [5.74, 6) is 2.40. The third-order valence-corrected chi connectivity index (χ3v) is 4.80. The van der Waals surface area contributed by atoms with Crippen LogP contribution in [0.3, 0.4) is 0 Å². The number of hydrogen-bond donors (Lipinski definition) is 0. The van der Waals surface area contributed by atoms with Gasteiger partial charge in [-0.2, -0.15) is 4.98 Å². The van der Waals surface area contributed by atoms with E-state index in [1.807, 2.05) is 17.0 Å². The van der Waals surface area contributed by atoms with Crippen molar-refractivity contribution >= 4 is 5.91 Å². The number of aryl methyl sites for hydroxylation is 2. The molecule has 1 aliphatic rings. The van der Waals surface area contributed by atoms with E-state index < -0.39 is 0 Å². The van der Waals surface area contributed by atoms with E-state index >= 15 is 0 Å². The van der Waals surface area contributed by atoms with Crippen molar-refractivity contribution in [3.8, 4) is 0 Å². The fraction of sp³-hybridized carbons (Fsp3) is 0.611. The first-order valence-corrected chi connectivity index (χ1v) is 8.91. The van der Waals surface area contributed by atoms with Gasteiger partial charge in [0.2, 0.25) is 11.8 Å². The summed E-state index contributed by atoms with van der Waals surface area (Å²) >= 11 is 0. The molecule has 0 radical (unpaired) electrons. The van der Waals surface area contributed by atoms with E-state index in [0.29, 0.717) is 31.3 Å². The van der Waals surface area contributed by atoms with Gasteiger partial charge in [-0.3, -0.25) is 9.69 Å². The van der Waals surface area contributed by atoms with E-state index in [-0.39, 0.29) is 5.91 Å². The van der Waals surface area contributed by atoms with Gasteiger partial charge in [-0.25, -0.2) is 0 Å². The molecule has 3 rings (SSSR count). The summed E-state index contributed by atoms with van der Waals surface area (Å²) in [6, 6.07) is 4.21. The Labute approximate surface area is 148 Å². The molecule has 1 unspecified atom stereocenters. The normalized spacial score (nSPS) is 18.5. The molecule has 1 atom stereocenters. The lowest BCUT2D eigenvalue weighted by Crippen LogP contribution is -2.35. The number of amides is 1. The van der Waals surface area contributed by atoms with Gasteiger partial charge in [0, 0.05) is 38.9 Å². The molecule has 1 saturated heterocycles.